The van der Waals surface area contributed by atoms with Crippen molar-refractivity contribution in [2.75, 3.05) is 20.2 Å². The average molecular weight is 504 g/mol. The van der Waals surface area contributed by atoms with Crippen LogP contribution >= 0.6 is 0 Å². The molecule has 3 aliphatic carbocycles. The van der Waals surface area contributed by atoms with Crippen molar-refractivity contribution in [2.45, 2.75) is 134 Å². The fraction of sp³-hybridized carbons (Fsp3) is 0.933. The molecule has 208 valence electrons. The summed E-state index contributed by atoms with van der Waals surface area (Å²) in [5.74, 6) is 3.30. The van der Waals surface area contributed by atoms with Crippen LogP contribution in [0.25, 0.3) is 0 Å². The SMILES string of the molecule is C=C(C1CNC(C)CC1N)N1CCC2C3C(CCCC[C@@H]31)NN2C1CCC(C2CC2)CC1.CC.CO. The van der Waals surface area contributed by atoms with E-state index < -0.39 is 0 Å². The molecule has 3 aliphatic heterocycles. The van der Waals surface area contributed by atoms with E-state index in [4.69, 9.17) is 10.8 Å². The van der Waals surface area contributed by atoms with Crippen LogP contribution in [0.1, 0.15) is 97.8 Å². The van der Waals surface area contributed by atoms with E-state index in [0.717, 1.165) is 49.9 Å². The molecular formula is C30H57N5O. The molecule has 6 nitrogen and oxygen atoms in total. The largest absolute Gasteiger partial charge is 0.400 e. The number of aliphatic hydroxyl groups excluding tert-OH is 1. The highest BCUT2D eigenvalue weighted by atomic mass is 16.2. The summed E-state index contributed by atoms with van der Waals surface area (Å²) in [6.07, 6.45) is 16.6. The third-order valence-corrected chi connectivity index (χ3v) is 10.4. The quantitative estimate of drug-likeness (QED) is 0.460. The van der Waals surface area contributed by atoms with E-state index in [2.05, 4.69) is 34.2 Å². The molecule has 0 aromatic heterocycles. The Morgan fingerprint density at radius 2 is 1.53 bits per heavy atom. The van der Waals surface area contributed by atoms with E-state index in [9.17, 15) is 0 Å². The molecule has 5 N–H and O–H groups in total. The molecule has 6 fully saturated rings. The first-order valence-corrected chi connectivity index (χ1v) is 15.5. The van der Waals surface area contributed by atoms with Crippen LogP contribution in [0.3, 0.4) is 0 Å². The molecule has 3 saturated heterocycles. The summed E-state index contributed by atoms with van der Waals surface area (Å²) < 4.78 is 0. The predicted octanol–water partition coefficient (Wildman–Crippen LogP) is 4.25. The molecule has 6 aliphatic rings. The van der Waals surface area contributed by atoms with Crippen LogP contribution in [-0.2, 0) is 0 Å². The van der Waals surface area contributed by atoms with Crippen molar-refractivity contribution < 1.29 is 5.11 Å². The summed E-state index contributed by atoms with van der Waals surface area (Å²) in [7, 11) is 1.00. The number of aliphatic hydroxyl groups is 1. The van der Waals surface area contributed by atoms with Crippen molar-refractivity contribution in [3.8, 4) is 0 Å². The van der Waals surface area contributed by atoms with Gasteiger partial charge >= 0.3 is 0 Å². The minimum absolute atomic E-state index is 0.248. The Hall–Kier alpha value is -0.660. The van der Waals surface area contributed by atoms with Crippen molar-refractivity contribution in [1.29, 1.82) is 0 Å². The van der Waals surface area contributed by atoms with Crippen LogP contribution in [0, 0.1) is 23.7 Å². The number of piperidine rings is 2. The second-order valence-electron chi connectivity index (χ2n) is 12.3. The van der Waals surface area contributed by atoms with Gasteiger partial charge in [0.1, 0.15) is 0 Å². The molecule has 0 amide bonds. The highest BCUT2D eigenvalue weighted by molar-refractivity contribution is 5.15. The van der Waals surface area contributed by atoms with Gasteiger partial charge in [-0.25, -0.2) is 5.01 Å². The second-order valence-corrected chi connectivity index (χ2v) is 12.3. The molecule has 0 aromatic rings. The number of nitrogens with zero attached hydrogens (tertiary/aromatic N) is 2. The summed E-state index contributed by atoms with van der Waals surface area (Å²) in [6.45, 7) is 13.1. The number of hydrogen-bond donors (Lipinski definition) is 4. The van der Waals surface area contributed by atoms with Gasteiger partial charge in [0.2, 0.25) is 0 Å². The van der Waals surface area contributed by atoms with Gasteiger partial charge in [0.15, 0.2) is 0 Å². The molecule has 6 unspecified atom stereocenters. The lowest BCUT2D eigenvalue weighted by molar-refractivity contribution is 0.0184. The van der Waals surface area contributed by atoms with Gasteiger partial charge in [0, 0.05) is 74.0 Å². The Bertz CT molecular complexity index is 691. The standard InChI is InChI=1S/C27H47N5.C2H6.CH4O/c1-17-15-23(28)22(16-29-17)18(2)31-14-13-26-27-24(5-3-4-6-25(27)31)30-32(26)21-11-9-20(10-12-21)19-7-8-19;2*1-2/h17,19-27,29-30H,2-16,28H2,1H3;1-2H3;2H,1H3/t17?,20?,21?,22?,23?,24?,25-,26?,27?;;/m0../s1. The van der Waals surface area contributed by atoms with Gasteiger partial charge in [0.05, 0.1) is 0 Å². The minimum atomic E-state index is 0.248. The van der Waals surface area contributed by atoms with Crippen LogP contribution in [0.4, 0.5) is 0 Å². The van der Waals surface area contributed by atoms with Gasteiger partial charge in [-0.15, -0.1) is 0 Å². The Morgan fingerprint density at radius 3 is 2.17 bits per heavy atom. The molecule has 0 radical (unpaired) electrons. The van der Waals surface area contributed by atoms with Crippen LogP contribution in [-0.4, -0.2) is 71.5 Å². The van der Waals surface area contributed by atoms with Gasteiger partial charge in [-0.2, -0.15) is 0 Å². The molecule has 0 spiro atoms. The third-order valence-electron chi connectivity index (χ3n) is 10.4. The topological polar surface area (TPSA) is 76.8 Å². The molecule has 3 saturated carbocycles. The number of rotatable bonds is 4. The summed E-state index contributed by atoms with van der Waals surface area (Å²) in [5, 5.41) is 13.5. The van der Waals surface area contributed by atoms with Gasteiger partial charge in [0.25, 0.3) is 0 Å². The zero-order chi connectivity index (χ0) is 25.8. The van der Waals surface area contributed by atoms with Crippen molar-refractivity contribution in [2.24, 2.45) is 29.4 Å². The predicted molar refractivity (Wildman–Crippen MR) is 150 cm³/mol. The number of nitrogens with two attached hydrogens (primary N) is 1. The second kappa shape index (κ2) is 12.9. The lowest BCUT2D eigenvalue weighted by Crippen LogP contribution is -2.58. The van der Waals surface area contributed by atoms with E-state index in [0.29, 0.717) is 24.0 Å². The van der Waals surface area contributed by atoms with Crippen LogP contribution in [0.15, 0.2) is 12.3 Å². The summed E-state index contributed by atoms with van der Waals surface area (Å²) in [5.41, 5.74) is 12.1. The molecule has 6 rings (SSSR count). The van der Waals surface area contributed by atoms with Gasteiger partial charge in [-0.1, -0.05) is 33.3 Å². The van der Waals surface area contributed by atoms with Crippen molar-refractivity contribution >= 4 is 0 Å². The van der Waals surface area contributed by atoms with Gasteiger partial charge in [-0.3, -0.25) is 5.43 Å². The zero-order valence-corrected chi connectivity index (χ0v) is 23.8. The fourth-order valence-electron chi connectivity index (χ4n) is 8.52. The maximum absolute atomic E-state index is 7.00. The monoisotopic (exact) mass is 503 g/mol. The lowest BCUT2D eigenvalue weighted by Gasteiger charge is -2.50. The molecule has 0 aromatic carbocycles. The molecule has 7 atom stereocenters. The smallest absolute Gasteiger partial charge is 0.0345 e. The first-order valence-electron chi connectivity index (χ1n) is 15.5. The Morgan fingerprint density at radius 1 is 0.889 bits per heavy atom. The van der Waals surface area contributed by atoms with Crippen molar-refractivity contribution in [1.82, 2.24) is 20.7 Å². The maximum atomic E-state index is 7.00. The van der Waals surface area contributed by atoms with Gasteiger partial charge < -0.3 is 21.1 Å². The number of likely N-dealkylation sites (tertiary alicyclic amines) is 1. The summed E-state index contributed by atoms with van der Waals surface area (Å²) >= 11 is 0. The van der Waals surface area contributed by atoms with E-state index in [-0.39, 0.29) is 6.04 Å². The van der Waals surface area contributed by atoms with E-state index >= 15 is 0 Å². The van der Waals surface area contributed by atoms with Crippen molar-refractivity contribution in [3.05, 3.63) is 12.3 Å². The first kappa shape index (κ1) is 28.4. The third kappa shape index (κ3) is 5.83. The van der Waals surface area contributed by atoms with E-state index in [1.165, 1.54) is 82.9 Å². The normalized spacial score (nSPS) is 42.7. The molecular weight excluding hydrogens is 446 g/mol. The van der Waals surface area contributed by atoms with Crippen LogP contribution in [0.2, 0.25) is 0 Å². The molecule has 3 heterocycles. The average Bonchev–Trinajstić information content (AvgIpc) is 3.72. The first-order chi connectivity index (χ1) is 17.6. The van der Waals surface area contributed by atoms with Crippen molar-refractivity contribution in [3.63, 3.8) is 0 Å². The van der Waals surface area contributed by atoms with Crippen LogP contribution < -0.4 is 16.5 Å². The molecule has 6 heteroatoms. The number of hydrogen-bond acceptors (Lipinski definition) is 6. The summed E-state index contributed by atoms with van der Waals surface area (Å²) in [4.78, 5) is 2.75. The lowest BCUT2D eigenvalue weighted by atomic mass is 9.77. The number of nitrogens with one attached hydrogen (secondary N) is 2. The van der Waals surface area contributed by atoms with Gasteiger partial charge in [-0.05, 0) is 83.0 Å². The Kier molecular flexibility index (Phi) is 10.2. The number of hydrazine groups is 1. The molecule has 0 bridgehead atoms. The zero-order valence-electron chi connectivity index (χ0n) is 23.8. The fourth-order valence-corrected chi connectivity index (χ4v) is 8.52. The Labute approximate surface area is 221 Å². The van der Waals surface area contributed by atoms with E-state index in [1.54, 1.807) is 0 Å². The van der Waals surface area contributed by atoms with Crippen LogP contribution in [0.5, 0.6) is 0 Å². The maximum Gasteiger partial charge on any atom is 0.0345 e. The minimum Gasteiger partial charge on any atom is -0.400 e. The molecule has 36 heavy (non-hydrogen) atoms. The highest BCUT2D eigenvalue weighted by Crippen LogP contribution is 2.48. The highest BCUT2D eigenvalue weighted by Gasteiger charge is 2.53. The Balaban J connectivity index is 0.000000726. The summed E-state index contributed by atoms with van der Waals surface area (Å²) in [6, 6.07) is 3.60. The van der Waals surface area contributed by atoms with E-state index in [1.807, 2.05) is 13.8 Å².